The lowest BCUT2D eigenvalue weighted by Gasteiger charge is -2.37. The van der Waals surface area contributed by atoms with E-state index in [4.69, 9.17) is 9.47 Å². The quantitative estimate of drug-likeness (QED) is 0.241. The third-order valence-electron chi connectivity index (χ3n) is 17.7. The molecule has 111 heavy (non-hydrogen) atoms. The van der Waals surface area contributed by atoms with Crippen molar-refractivity contribution in [1.29, 1.82) is 0 Å². The van der Waals surface area contributed by atoms with Gasteiger partial charge in [-0.2, -0.15) is 0 Å². The van der Waals surface area contributed by atoms with E-state index in [2.05, 4.69) is 252 Å². The Kier molecular flexibility index (Phi) is 73.4. The molecule has 678 valence electrons. The van der Waals surface area contributed by atoms with Gasteiger partial charge in [-0.15, -0.1) is 0 Å². The molecule has 0 fully saturated rings. The molecule has 0 unspecified atom stereocenters. The van der Waals surface area contributed by atoms with Gasteiger partial charge in [-0.3, -0.25) is 19.2 Å². The average Bonchev–Trinajstić information content (AvgIpc) is 0.859. The third kappa shape index (κ3) is 121. The highest BCUT2D eigenvalue weighted by Crippen LogP contribution is 2.36. The molecule has 0 radical (unpaired) electrons. The highest BCUT2D eigenvalue weighted by atomic mass is 19.3. The number of hydrogen-bond donors (Lipinski definition) is 0. The maximum absolute atomic E-state index is 12.2. The number of halogens is 4. The van der Waals surface area contributed by atoms with Crippen molar-refractivity contribution in [2.75, 3.05) is 20.8 Å². The first-order valence-corrected chi connectivity index (χ1v) is 42.5. The van der Waals surface area contributed by atoms with Crippen molar-refractivity contribution < 1.29 is 46.2 Å². The van der Waals surface area contributed by atoms with Crippen LogP contribution in [0.25, 0.3) is 0 Å². The van der Waals surface area contributed by atoms with E-state index in [1.165, 1.54) is 71.3 Å². The number of methoxy groups -OCH3 is 2. The summed E-state index contributed by atoms with van der Waals surface area (Å²) in [6.07, 6.45) is 9.88. The van der Waals surface area contributed by atoms with Crippen LogP contribution < -0.4 is 0 Å². The Morgan fingerprint density at radius 2 is 0.676 bits per heavy atom. The third-order valence-corrected chi connectivity index (χ3v) is 17.7. The van der Waals surface area contributed by atoms with Crippen LogP contribution in [0.15, 0.2) is 30.3 Å². The van der Waals surface area contributed by atoms with E-state index in [9.17, 15) is 36.7 Å². The molecule has 0 aromatic heterocycles. The molecule has 1 rings (SSSR count). The Bertz CT molecular complexity index is 2270. The second-order valence-electron chi connectivity index (χ2n) is 48.3. The average molecular weight is 1600 g/mol. The van der Waals surface area contributed by atoms with Crippen LogP contribution in [0, 0.1) is 87.6 Å². The van der Waals surface area contributed by atoms with Gasteiger partial charge in [0.15, 0.2) is 0 Å². The van der Waals surface area contributed by atoms with Crippen LogP contribution in [0.5, 0.6) is 0 Å². The maximum atomic E-state index is 12.2. The number of unbranched alkanes of at least 4 members (excludes halogenated alkanes) is 1. The summed E-state index contributed by atoms with van der Waals surface area (Å²) in [7, 11) is 3.48. The number of carbonyl (C=O) groups is 4. The fourth-order valence-corrected chi connectivity index (χ4v) is 6.59. The summed E-state index contributed by atoms with van der Waals surface area (Å²) in [5, 5.41) is 0. The first-order chi connectivity index (χ1) is 47.6. The molecule has 0 amide bonds. The number of rotatable bonds is 8. The van der Waals surface area contributed by atoms with Crippen molar-refractivity contribution in [3.8, 4) is 0 Å². The number of benzene rings is 1. The van der Waals surface area contributed by atoms with Crippen LogP contribution in [0.2, 0.25) is 0 Å². The van der Waals surface area contributed by atoms with Gasteiger partial charge in [-0.05, 0) is 108 Å². The Morgan fingerprint density at radius 3 is 0.712 bits per heavy atom. The minimum absolute atomic E-state index is 0.0208. The summed E-state index contributed by atoms with van der Waals surface area (Å²) in [4.78, 5) is 43.9. The fraction of sp³-hybridized carbons (Fsp3) is 0.901. The van der Waals surface area contributed by atoms with Crippen molar-refractivity contribution >= 4 is 23.1 Å². The normalized spacial score (nSPS) is 12.6. The predicted molar refractivity (Wildman–Crippen MR) is 497 cm³/mol. The molecule has 0 saturated carbocycles. The highest BCUT2D eigenvalue weighted by Gasteiger charge is 2.37. The molecular weight excluding hydrogens is 1390 g/mol. The summed E-state index contributed by atoms with van der Waals surface area (Å²) in [6, 6.07) is 10.6. The van der Waals surface area contributed by atoms with E-state index in [-0.39, 0.29) is 61.6 Å². The number of alkyl halides is 4. The summed E-state index contributed by atoms with van der Waals surface area (Å²) < 4.78 is 59.1. The summed E-state index contributed by atoms with van der Waals surface area (Å²) in [5.41, 5.74) is 2.93. The van der Waals surface area contributed by atoms with Crippen molar-refractivity contribution in [3.05, 3.63) is 35.9 Å². The zero-order valence-corrected chi connectivity index (χ0v) is 87.6. The van der Waals surface area contributed by atoms with Crippen LogP contribution in [-0.4, -0.2) is 61.4 Å². The summed E-state index contributed by atoms with van der Waals surface area (Å²) in [6.45, 7) is 120. The van der Waals surface area contributed by atoms with Crippen LogP contribution in [-0.2, 0) is 34.1 Å². The molecule has 0 N–H and O–H groups in total. The maximum Gasteiger partial charge on any atom is 0.250 e. The second kappa shape index (κ2) is 59.2. The van der Waals surface area contributed by atoms with Gasteiger partial charge < -0.3 is 9.47 Å². The van der Waals surface area contributed by atoms with Gasteiger partial charge in [-0.25, -0.2) is 17.6 Å². The number of ether oxygens (including phenoxy) is 2. The SMILES string of the molecule is CC(=O)C(C)(C)C.CC(C)(C)C(=O)C(C)(C)C.CC(C)(C)C(C)(F)F.CC(C)(C)CC(C)(F)F.CC(C)(C)c1ccccc1.CC(C)C(=O)C(C)(C)C.CC(C)C(C)(C)C.CCC(=O)C(C)(C)C.CCC(C)(C)C.CCC(C)(C)C.CCCC(C)(C)C.CCCCC(C)(C)C.COC(C)(C)C(C)(C)C.COCC(C)(C)C. The molecule has 1 aromatic rings. The first-order valence-electron chi connectivity index (χ1n) is 42.5. The lowest BCUT2D eigenvalue weighted by Crippen LogP contribution is -2.38. The molecule has 0 atom stereocenters. The fourth-order valence-electron chi connectivity index (χ4n) is 6.59. The van der Waals surface area contributed by atoms with Gasteiger partial charge in [0.2, 0.25) is 11.8 Å². The van der Waals surface area contributed by atoms with E-state index in [1.807, 2.05) is 145 Å². The molecule has 6 nitrogen and oxygen atoms in total. The molecular formula is C101H210F4O6. The Morgan fingerprint density at radius 1 is 0.387 bits per heavy atom. The Hall–Kier alpha value is -2.46. The van der Waals surface area contributed by atoms with Gasteiger partial charge >= 0.3 is 0 Å². The van der Waals surface area contributed by atoms with Gasteiger partial charge in [-0.1, -0.05) is 436 Å². The lowest BCUT2D eigenvalue weighted by atomic mass is 9.76. The van der Waals surface area contributed by atoms with Crippen LogP contribution in [0.1, 0.15) is 472 Å². The zero-order valence-electron chi connectivity index (χ0n) is 87.6. The molecule has 0 spiro atoms. The largest absolute Gasteiger partial charge is 0.384 e. The number of carbonyl (C=O) groups excluding carboxylic acids is 4. The minimum atomic E-state index is -2.56. The van der Waals surface area contributed by atoms with E-state index >= 15 is 0 Å². The molecule has 0 saturated heterocycles. The van der Waals surface area contributed by atoms with Crippen LogP contribution in [0.3, 0.4) is 0 Å². The van der Waals surface area contributed by atoms with E-state index in [1.54, 1.807) is 21.1 Å². The van der Waals surface area contributed by atoms with Gasteiger partial charge in [0.1, 0.15) is 23.1 Å². The highest BCUT2D eigenvalue weighted by molar-refractivity contribution is 5.88. The van der Waals surface area contributed by atoms with E-state index in [0.717, 1.165) is 26.4 Å². The molecule has 0 aliphatic carbocycles. The van der Waals surface area contributed by atoms with Crippen LogP contribution in [0.4, 0.5) is 17.6 Å². The minimum Gasteiger partial charge on any atom is -0.384 e. The number of ketones is 4. The van der Waals surface area contributed by atoms with Gasteiger partial charge in [0, 0.05) is 65.5 Å². The van der Waals surface area contributed by atoms with Gasteiger partial charge in [0.05, 0.1) is 12.2 Å². The van der Waals surface area contributed by atoms with Crippen molar-refractivity contribution in [2.45, 2.75) is 489 Å². The topological polar surface area (TPSA) is 86.7 Å². The first kappa shape index (κ1) is 138. The molecule has 0 heterocycles. The van der Waals surface area contributed by atoms with E-state index in [0.29, 0.717) is 61.7 Å². The smallest absolute Gasteiger partial charge is 0.250 e. The lowest BCUT2D eigenvalue weighted by molar-refractivity contribution is -0.134. The number of Topliss-reactive ketones (excluding diaryl/α,β-unsaturated/α-hetero) is 4. The standard InChI is InChI=1S/C10H14.C9H18O.C8H18O.C8H16O.C8H18.C7H14F2.C7H14O.2C7H16.C6H12F2.C6H14O.C6H12O.2C6H14/c1-10(2,3)9-7-5-4-6-8-9;1-8(2,3)7(10)9(4,5)6;1-7(2,3)8(4,5)9-6;1-6(2)7(9)8(3,4)5;1-5-6-7-8(2,3)4;1-6(2,3)5-7(4,8)9;1-5-6(8)7(2,3)4;1-6(2)7(3,4)5;1-5-6-7(2,3)4;1-5(2,3)6(4,7)8;1-6(2,3)5-7-4;1-5(7)6(2,3)4;2*1-5-6(2,3)4/h4-8H,1-3H3;1-6H3;1-6H3;6H,1-5H3;5-7H2,1-4H3;5H2,1-4H3;5H2,1-4H3;6H,1-5H3;5-6H2,1-4H3;1-4H3;5H2,1-4H3;1-4H3;2*5H2,1-4H3. The molecule has 0 aliphatic rings. The molecule has 1 aromatic carbocycles. The summed E-state index contributed by atoms with van der Waals surface area (Å²) in [5.74, 6) is -2.88. The number of hydrogen-bond acceptors (Lipinski definition) is 6. The summed E-state index contributed by atoms with van der Waals surface area (Å²) >= 11 is 0. The Balaban J connectivity index is -0.0000000849. The van der Waals surface area contributed by atoms with Crippen molar-refractivity contribution in [1.82, 2.24) is 0 Å². The van der Waals surface area contributed by atoms with E-state index < -0.39 is 17.3 Å². The predicted octanol–water partition coefficient (Wildman–Crippen LogP) is 35.1. The second-order valence-corrected chi connectivity index (χ2v) is 48.3. The molecule has 10 heteroatoms. The molecule has 0 aliphatic heterocycles. The van der Waals surface area contributed by atoms with Crippen molar-refractivity contribution in [2.24, 2.45) is 87.6 Å². The van der Waals surface area contributed by atoms with Gasteiger partial charge in [0.25, 0.3) is 0 Å². The zero-order chi connectivity index (χ0) is 94.1. The monoisotopic (exact) mass is 1600 g/mol. The van der Waals surface area contributed by atoms with Crippen LogP contribution >= 0.6 is 0 Å². The molecule has 0 bridgehead atoms. The Labute approximate surface area is 699 Å². The van der Waals surface area contributed by atoms with Crippen molar-refractivity contribution in [3.63, 3.8) is 0 Å².